The lowest BCUT2D eigenvalue weighted by molar-refractivity contribution is 0.650. The zero-order valence-corrected chi connectivity index (χ0v) is 9.48. The lowest BCUT2D eigenvalue weighted by Gasteiger charge is -2.19. The maximum Gasteiger partial charge on any atom is 0.153 e. The van der Waals surface area contributed by atoms with Gasteiger partial charge in [-0.3, -0.25) is 0 Å². The number of nitrogens with zero attached hydrogens (tertiary/aromatic N) is 2. The molecule has 0 aromatic carbocycles. The summed E-state index contributed by atoms with van der Waals surface area (Å²) in [6.07, 6.45) is 8.77. The van der Waals surface area contributed by atoms with Crippen LogP contribution < -0.4 is 16.0 Å². The Morgan fingerprint density at radius 1 is 1.35 bits per heavy atom. The van der Waals surface area contributed by atoms with Crippen molar-refractivity contribution in [2.45, 2.75) is 6.17 Å². The van der Waals surface area contributed by atoms with Gasteiger partial charge in [-0.15, -0.1) is 0 Å². The van der Waals surface area contributed by atoms with Crippen molar-refractivity contribution in [3.8, 4) is 0 Å². The van der Waals surface area contributed by atoms with Gasteiger partial charge in [0.2, 0.25) is 0 Å². The Kier molecular flexibility index (Phi) is 3.40. The van der Waals surface area contributed by atoms with Crippen molar-refractivity contribution in [2.75, 3.05) is 6.54 Å². The van der Waals surface area contributed by atoms with Gasteiger partial charge in [0.05, 0.1) is 12.7 Å². The summed E-state index contributed by atoms with van der Waals surface area (Å²) in [6, 6.07) is 0. The average Bonchev–Trinajstić information content (AvgIpc) is 2.83. The highest BCUT2D eigenvalue weighted by Crippen LogP contribution is 2.14. The van der Waals surface area contributed by atoms with Gasteiger partial charge in [-0.05, 0) is 5.57 Å². The topological polar surface area (TPSA) is 60.8 Å². The molecule has 2 aliphatic heterocycles. The van der Waals surface area contributed by atoms with Crippen LogP contribution in [0, 0.1) is 0 Å². The molecule has 0 aliphatic carbocycles. The number of hydrogen-bond acceptors (Lipinski definition) is 5. The van der Waals surface area contributed by atoms with Crippen molar-refractivity contribution in [1.82, 2.24) is 16.0 Å². The van der Waals surface area contributed by atoms with Crippen molar-refractivity contribution in [1.29, 1.82) is 0 Å². The molecule has 0 aromatic heterocycles. The molecule has 2 rings (SSSR count). The molecule has 0 amide bonds. The number of fused-ring (bicyclic) bond motifs is 1. The Bertz CT molecular complexity index is 442. The van der Waals surface area contributed by atoms with Crippen LogP contribution in [0.3, 0.4) is 0 Å². The summed E-state index contributed by atoms with van der Waals surface area (Å²) in [5.74, 6) is 0.770. The lowest BCUT2D eigenvalue weighted by atomic mass is 10.2. The van der Waals surface area contributed by atoms with E-state index in [0.717, 1.165) is 17.1 Å². The van der Waals surface area contributed by atoms with E-state index in [-0.39, 0.29) is 6.17 Å². The van der Waals surface area contributed by atoms with Crippen LogP contribution in [0.15, 0.2) is 58.5 Å². The predicted octanol–water partition coefficient (Wildman–Crippen LogP) is 0.633. The third-order valence-corrected chi connectivity index (χ3v) is 2.45. The summed E-state index contributed by atoms with van der Waals surface area (Å²) in [7, 11) is 0. The van der Waals surface area contributed by atoms with Crippen LogP contribution in [-0.4, -0.2) is 25.4 Å². The number of allylic oxidation sites excluding steroid dienone is 2. The molecule has 2 heterocycles. The fourth-order valence-corrected chi connectivity index (χ4v) is 1.57. The first-order valence-corrected chi connectivity index (χ1v) is 5.34. The van der Waals surface area contributed by atoms with Crippen LogP contribution in [-0.2, 0) is 0 Å². The monoisotopic (exact) mass is 229 g/mol. The SMILES string of the molecule is C=C/C=C(\C=C)CNC1=C2N=CNC2NC=N1. The van der Waals surface area contributed by atoms with E-state index in [1.807, 2.05) is 6.08 Å². The van der Waals surface area contributed by atoms with E-state index in [1.165, 1.54) is 0 Å². The number of aliphatic imine (C=N–C) groups is 2. The molecule has 0 fully saturated rings. The van der Waals surface area contributed by atoms with E-state index in [0.29, 0.717) is 6.54 Å². The van der Waals surface area contributed by atoms with Crippen LogP contribution in [0.2, 0.25) is 0 Å². The smallest absolute Gasteiger partial charge is 0.153 e. The van der Waals surface area contributed by atoms with Crippen molar-refractivity contribution in [3.63, 3.8) is 0 Å². The fraction of sp³-hybridized carbons (Fsp3) is 0.167. The zero-order chi connectivity index (χ0) is 12.1. The normalized spacial score (nSPS) is 21.6. The van der Waals surface area contributed by atoms with Crippen molar-refractivity contribution >= 4 is 12.7 Å². The standard InChI is InChI=1S/C12H15N5/c1-3-5-9(4-2)6-13-11-10-12(15-7-14-10)17-8-16-11/h3-5,7-8,12-13H,1-2,6H2,(H,14,15)(H,16,17)/b9-5+. The van der Waals surface area contributed by atoms with Gasteiger partial charge < -0.3 is 16.0 Å². The Hall–Kier alpha value is -2.30. The molecule has 0 radical (unpaired) electrons. The van der Waals surface area contributed by atoms with Crippen molar-refractivity contribution in [2.24, 2.45) is 9.98 Å². The molecule has 0 bridgehead atoms. The van der Waals surface area contributed by atoms with Crippen LogP contribution in [0.25, 0.3) is 0 Å². The molecule has 5 heteroatoms. The van der Waals surface area contributed by atoms with E-state index in [4.69, 9.17) is 0 Å². The quantitative estimate of drug-likeness (QED) is 0.606. The van der Waals surface area contributed by atoms with E-state index in [2.05, 4.69) is 39.1 Å². The summed E-state index contributed by atoms with van der Waals surface area (Å²) < 4.78 is 0. The number of rotatable bonds is 5. The maximum absolute atomic E-state index is 4.23. The van der Waals surface area contributed by atoms with E-state index in [1.54, 1.807) is 24.8 Å². The molecule has 2 aliphatic rings. The van der Waals surface area contributed by atoms with Gasteiger partial charge in [0.15, 0.2) is 5.82 Å². The minimum atomic E-state index is 0.0190. The molecule has 3 N–H and O–H groups in total. The highest BCUT2D eigenvalue weighted by atomic mass is 15.3. The van der Waals surface area contributed by atoms with Crippen LogP contribution >= 0.6 is 0 Å². The average molecular weight is 229 g/mol. The molecule has 1 unspecified atom stereocenters. The second-order valence-corrected chi connectivity index (χ2v) is 3.55. The van der Waals surface area contributed by atoms with Gasteiger partial charge in [0.25, 0.3) is 0 Å². The Morgan fingerprint density at radius 3 is 2.82 bits per heavy atom. The summed E-state index contributed by atoms with van der Waals surface area (Å²) in [6.45, 7) is 8.05. The molecule has 88 valence electrons. The summed E-state index contributed by atoms with van der Waals surface area (Å²) in [5, 5.41) is 9.36. The van der Waals surface area contributed by atoms with Crippen molar-refractivity contribution in [3.05, 3.63) is 48.5 Å². The third kappa shape index (κ3) is 2.44. The van der Waals surface area contributed by atoms with Crippen LogP contribution in [0.1, 0.15) is 0 Å². The summed E-state index contributed by atoms with van der Waals surface area (Å²) >= 11 is 0. The maximum atomic E-state index is 4.23. The molecule has 0 saturated heterocycles. The lowest BCUT2D eigenvalue weighted by Crippen LogP contribution is -2.41. The van der Waals surface area contributed by atoms with E-state index >= 15 is 0 Å². The second-order valence-electron chi connectivity index (χ2n) is 3.55. The molecule has 5 nitrogen and oxygen atoms in total. The van der Waals surface area contributed by atoms with E-state index < -0.39 is 0 Å². The van der Waals surface area contributed by atoms with Crippen LogP contribution in [0.4, 0.5) is 0 Å². The minimum absolute atomic E-state index is 0.0190. The first-order valence-electron chi connectivity index (χ1n) is 5.34. The Balaban J connectivity index is 2.06. The van der Waals surface area contributed by atoms with Gasteiger partial charge in [-0.25, -0.2) is 9.98 Å². The molecular weight excluding hydrogens is 214 g/mol. The van der Waals surface area contributed by atoms with Gasteiger partial charge in [0, 0.05) is 6.54 Å². The zero-order valence-electron chi connectivity index (χ0n) is 9.48. The molecule has 0 saturated carbocycles. The Labute approximate surface area is 100 Å². The van der Waals surface area contributed by atoms with Gasteiger partial charge >= 0.3 is 0 Å². The summed E-state index contributed by atoms with van der Waals surface area (Å²) in [4.78, 5) is 8.46. The Morgan fingerprint density at radius 2 is 2.12 bits per heavy atom. The third-order valence-electron chi connectivity index (χ3n) is 2.45. The minimum Gasteiger partial charge on any atom is -0.364 e. The summed E-state index contributed by atoms with van der Waals surface area (Å²) in [5.41, 5.74) is 1.92. The largest absolute Gasteiger partial charge is 0.364 e. The molecular formula is C12H15N5. The molecule has 0 aromatic rings. The van der Waals surface area contributed by atoms with Crippen LogP contribution in [0.5, 0.6) is 0 Å². The highest BCUT2D eigenvalue weighted by Gasteiger charge is 2.22. The first kappa shape index (κ1) is 11.2. The number of nitrogens with one attached hydrogen (secondary N) is 3. The van der Waals surface area contributed by atoms with Crippen molar-refractivity contribution < 1.29 is 0 Å². The van der Waals surface area contributed by atoms with Gasteiger partial charge in [0.1, 0.15) is 11.9 Å². The second kappa shape index (κ2) is 5.16. The molecule has 0 spiro atoms. The predicted molar refractivity (Wildman–Crippen MR) is 70.5 cm³/mol. The van der Waals surface area contributed by atoms with E-state index in [9.17, 15) is 0 Å². The molecule has 17 heavy (non-hydrogen) atoms. The fourth-order valence-electron chi connectivity index (χ4n) is 1.57. The highest BCUT2D eigenvalue weighted by molar-refractivity contribution is 5.68. The van der Waals surface area contributed by atoms with Gasteiger partial charge in [-0.2, -0.15) is 0 Å². The first-order chi connectivity index (χ1) is 8.35. The molecule has 1 atom stereocenters. The number of hydrogen-bond donors (Lipinski definition) is 3. The van der Waals surface area contributed by atoms with Gasteiger partial charge in [-0.1, -0.05) is 31.4 Å².